The molecule has 0 aliphatic carbocycles. The average molecular weight is 555 g/mol. The van der Waals surface area contributed by atoms with E-state index in [1.54, 1.807) is 30.6 Å². The lowest BCUT2D eigenvalue weighted by molar-refractivity contribution is -0.119. The van der Waals surface area contributed by atoms with E-state index >= 15 is 0 Å². The Bertz CT molecular complexity index is 1590. The molecule has 2 aromatic heterocycles. The smallest absolute Gasteiger partial charge is 0.260 e. The molecular formula is C25H20Cl2N6O3S. The van der Waals surface area contributed by atoms with Crippen LogP contribution in [0.4, 0.5) is 11.6 Å². The van der Waals surface area contributed by atoms with Crippen LogP contribution in [-0.4, -0.2) is 51.2 Å². The summed E-state index contributed by atoms with van der Waals surface area (Å²) in [6.07, 6.45) is 7.30. The number of carbonyl (C=O) groups excluding carboxylic acids is 1. The summed E-state index contributed by atoms with van der Waals surface area (Å²) in [4.78, 5) is 27.7. The number of nitrogens with zero attached hydrogens (tertiary/aromatic N) is 6. The second-order valence-electron chi connectivity index (χ2n) is 8.87. The second kappa shape index (κ2) is 9.21. The first-order valence-electron chi connectivity index (χ1n) is 11.5. The van der Waals surface area contributed by atoms with Crippen LogP contribution in [0, 0.1) is 0 Å². The minimum Gasteiger partial charge on any atom is -0.286 e. The Hall–Kier alpha value is -3.31. The first kappa shape index (κ1) is 24.1. The number of halogens is 2. The SMILES string of the molecule is O=C1C(Cc2ccc(-c3cncnc3)cc2)n2c(S(=O)(=O)N3CCC3)cnc2N1c1cc(Cl)cc(Cl)c1. The third kappa shape index (κ3) is 4.19. The van der Waals surface area contributed by atoms with Crippen LogP contribution in [-0.2, 0) is 21.2 Å². The quantitative estimate of drug-likeness (QED) is 0.347. The molecule has 1 atom stereocenters. The van der Waals surface area contributed by atoms with Crippen molar-refractivity contribution >= 4 is 50.8 Å². The van der Waals surface area contributed by atoms with E-state index < -0.39 is 16.1 Å². The third-order valence-electron chi connectivity index (χ3n) is 6.56. The number of imidazole rings is 1. The van der Waals surface area contributed by atoms with Gasteiger partial charge in [0.1, 0.15) is 12.4 Å². The molecule has 4 aromatic rings. The van der Waals surface area contributed by atoms with Gasteiger partial charge in [-0.05, 0) is 35.7 Å². The first-order chi connectivity index (χ1) is 17.8. The van der Waals surface area contributed by atoms with Crippen LogP contribution in [0.25, 0.3) is 11.1 Å². The standard InChI is InChI=1S/C25H20Cl2N6O3S/c26-19-9-20(27)11-21(10-19)32-24(34)22(8-16-2-4-17(5-3-16)18-12-28-15-29-13-18)33-23(14-30-25(32)33)37(35,36)31-6-1-7-31/h2-5,9-15,22H,1,6-8H2. The monoisotopic (exact) mass is 554 g/mol. The Kier molecular flexibility index (Phi) is 5.99. The number of fused-ring (bicyclic) bond motifs is 1. The Balaban J connectivity index is 1.41. The minimum atomic E-state index is -3.81. The highest BCUT2D eigenvalue weighted by Crippen LogP contribution is 2.42. The highest BCUT2D eigenvalue weighted by atomic mass is 35.5. The van der Waals surface area contributed by atoms with E-state index in [9.17, 15) is 13.2 Å². The summed E-state index contributed by atoms with van der Waals surface area (Å²) >= 11 is 12.4. The lowest BCUT2D eigenvalue weighted by Gasteiger charge is -2.30. The van der Waals surface area contributed by atoms with E-state index in [-0.39, 0.29) is 23.3 Å². The molecule has 37 heavy (non-hydrogen) atoms. The Morgan fingerprint density at radius 3 is 2.22 bits per heavy atom. The number of anilines is 2. The molecule has 0 radical (unpaired) electrons. The number of hydrogen-bond donors (Lipinski definition) is 0. The molecule has 0 bridgehead atoms. The minimum absolute atomic E-state index is 0.00534. The van der Waals surface area contributed by atoms with Gasteiger partial charge in [-0.3, -0.25) is 9.36 Å². The molecule has 1 saturated heterocycles. The van der Waals surface area contributed by atoms with Crippen molar-refractivity contribution in [2.24, 2.45) is 0 Å². The molecular weight excluding hydrogens is 535 g/mol. The lowest BCUT2D eigenvalue weighted by atomic mass is 10.0. The Labute approximate surface area is 223 Å². The van der Waals surface area contributed by atoms with Crippen LogP contribution < -0.4 is 4.90 Å². The lowest BCUT2D eigenvalue weighted by Crippen LogP contribution is -2.42. The molecule has 4 heterocycles. The summed E-state index contributed by atoms with van der Waals surface area (Å²) in [7, 11) is -3.81. The predicted molar refractivity (Wildman–Crippen MR) is 139 cm³/mol. The largest absolute Gasteiger partial charge is 0.286 e. The van der Waals surface area contributed by atoms with Gasteiger partial charge < -0.3 is 0 Å². The summed E-state index contributed by atoms with van der Waals surface area (Å²) < 4.78 is 29.7. The number of amides is 1. The van der Waals surface area contributed by atoms with E-state index in [0.29, 0.717) is 28.8 Å². The summed E-state index contributed by atoms with van der Waals surface area (Å²) in [6, 6.07) is 11.6. The fourth-order valence-corrected chi connectivity index (χ4v) is 6.76. The normalized spacial score (nSPS) is 17.6. The molecule has 1 unspecified atom stereocenters. The topological polar surface area (TPSA) is 101 Å². The van der Waals surface area contributed by atoms with E-state index in [4.69, 9.17) is 23.2 Å². The van der Waals surface area contributed by atoms with Gasteiger partial charge in [-0.15, -0.1) is 0 Å². The maximum Gasteiger partial charge on any atom is 0.260 e. The van der Waals surface area contributed by atoms with Crippen molar-refractivity contribution in [3.8, 4) is 11.1 Å². The fraction of sp³-hybridized carbons (Fsp3) is 0.200. The van der Waals surface area contributed by atoms with Gasteiger partial charge in [-0.1, -0.05) is 47.5 Å². The van der Waals surface area contributed by atoms with Crippen LogP contribution in [0.2, 0.25) is 10.0 Å². The van der Waals surface area contributed by atoms with Crippen molar-refractivity contribution in [3.05, 3.63) is 83.0 Å². The molecule has 2 aliphatic rings. The van der Waals surface area contributed by atoms with Gasteiger partial charge in [0.2, 0.25) is 5.95 Å². The van der Waals surface area contributed by atoms with Crippen molar-refractivity contribution in [3.63, 3.8) is 0 Å². The van der Waals surface area contributed by atoms with Gasteiger partial charge >= 0.3 is 0 Å². The van der Waals surface area contributed by atoms with Crippen LogP contribution in [0.5, 0.6) is 0 Å². The van der Waals surface area contributed by atoms with E-state index in [1.807, 2.05) is 24.3 Å². The molecule has 12 heteroatoms. The fourth-order valence-electron chi connectivity index (χ4n) is 4.60. The number of rotatable bonds is 6. The molecule has 0 saturated carbocycles. The predicted octanol–water partition coefficient (Wildman–Crippen LogP) is 4.50. The number of aromatic nitrogens is 4. The third-order valence-corrected chi connectivity index (χ3v) is 8.87. The highest BCUT2D eigenvalue weighted by molar-refractivity contribution is 7.89. The summed E-state index contributed by atoms with van der Waals surface area (Å²) in [5.41, 5.74) is 3.08. The Morgan fingerprint density at radius 1 is 0.919 bits per heavy atom. The van der Waals surface area contributed by atoms with Crippen LogP contribution in [0.15, 0.2) is 72.4 Å². The zero-order valence-electron chi connectivity index (χ0n) is 19.3. The zero-order valence-corrected chi connectivity index (χ0v) is 21.7. The molecule has 2 aliphatic heterocycles. The van der Waals surface area contributed by atoms with Crippen LogP contribution >= 0.6 is 23.2 Å². The molecule has 0 spiro atoms. The van der Waals surface area contributed by atoms with Gasteiger partial charge in [0.05, 0.1) is 11.9 Å². The summed E-state index contributed by atoms with van der Waals surface area (Å²) in [5, 5.41) is 0.700. The number of hydrogen-bond acceptors (Lipinski definition) is 6. The molecule has 6 rings (SSSR count). The average Bonchev–Trinajstić information content (AvgIpc) is 3.37. The van der Waals surface area contributed by atoms with Crippen molar-refractivity contribution in [1.82, 2.24) is 23.8 Å². The number of carbonyl (C=O) groups is 1. The molecule has 1 fully saturated rings. The van der Waals surface area contributed by atoms with Crippen LogP contribution in [0.3, 0.4) is 0 Å². The first-order valence-corrected chi connectivity index (χ1v) is 13.7. The maximum atomic E-state index is 13.8. The maximum absolute atomic E-state index is 13.8. The molecule has 9 nitrogen and oxygen atoms in total. The van der Waals surface area contributed by atoms with Crippen molar-refractivity contribution < 1.29 is 13.2 Å². The summed E-state index contributed by atoms with van der Waals surface area (Å²) in [5.74, 6) is -0.104. The molecule has 1 amide bonds. The van der Waals surface area contributed by atoms with Gasteiger partial charge in [-0.25, -0.2) is 28.3 Å². The second-order valence-corrected chi connectivity index (χ2v) is 11.6. The highest BCUT2D eigenvalue weighted by Gasteiger charge is 2.45. The van der Waals surface area contributed by atoms with Crippen molar-refractivity contribution in [2.75, 3.05) is 18.0 Å². The number of benzene rings is 2. The van der Waals surface area contributed by atoms with Gasteiger partial charge in [-0.2, -0.15) is 4.31 Å². The van der Waals surface area contributed by atoms with Gasteiger partial charge in [0.15, 0.2) is 5.03 Å². The molecule has 188 valence electrons. The zero-order chi connectivity index (χ0) is 25.7. The summed E-state index contributed by atoms with van der Waals surface area (Å²) in [6.45, 7) is 0.888. The van der Waals surface area contributed by atoms with E-state index in [0.717, 1.165) is 23.1 Å². The molecule has 0 N–H and O–H groups in total. The van der Waals surface area contributed by atoms with Crippen LogP contribution in [0.1, 0.15) is 18.0 Å². The van der Waals surface area contributed by atoms with E-state index in [2.05, 4.69) is 15.0 Å². The molecule has 2 aromatic carbocycles. The van der Waals surface area contributed by atoms with E-state index in [1.165, 1.54) is 26.3 Å². The van der Waals surface area contributed by atoms with Crippen molar-refractivity contribution in [2.45, 2.75) is 23.9 Å². The van der Waals surface area contributed by atoms with Gasteiger partial charge in [0.25, 0.3) is 15.9 Å². The number of sulfonamides is 1. The Morgan fingerprint density at radius 2 is 1.59 bits per heavy atom. The van der Waals surface area contributed by atoms with Gasteiger partial charge in [0, 0.05) is 47.5 Å². The van der Waals surface area contributed by atoms with Crippen molar-refractivity contribution in [1.29, 1.82) is 0 Å².